The number of hydrogen-bond donors (Lipinski definition) is 1. The Morgan fingerprint density at radius 2 is 1.73 bits per heavy atom. The summed E-state index contributed by atoms with van der Waals surface area (Å²) in [7, 11) is 0. The normalized spacial score (nSPS) is 11.9. The van der Waals surface area contributed by atoms with E-state index in [4.69, 9.17) is 9.84 Å². The number of carbonyl (C=O) groups is 1. The van der Waals surface area contributed by atoms with E-state index in [2.05, 4.69) is 22.6 Å². The zero-order valence-electron chi connectivity index (χ0n) is 17.3. The van der Waals surface area contributed by atoms with E-state index in [-0.39, 0.29) is 5.56 Å². The Labute approximate surface area is 207 Å². The SMILES string of the molecule is O=C(O)COc1ccc(SCC=C(c2ccccc2)c2cccc(CC(F)(F)F)c2)cc1I. The molecule has 3 aromatic rings. The number of thioether (sulfide) groups is 1. The van der Waals surface area contributed by atoms with E-state index < -0.39 is 25.2 Å². The number of hydrogen-bond acceptors (Lipinski definition) is 3. The first-order valence-electron chi connectivity index (χ1n) is 9.90. The predicted molar refractivity (Wildman–Crippen MR) is 133 cm³/mol. The highest BCUT2D eigenvalue weighted by Crippen LogP contribution is 2.30. The van der Waals surface area contributed by atoms with Gasteiger partial charge in [0.25, 0.3) is 0 Å². The second kappa shape index (κ2) is 11.6. The van der Waals surface area contributed by atoms with Gasteiger partial charge in [0.15, 0.2) is 6.61 Å². The molecule has 0 aliphatic rings. The lowest BCUT2D eigenvalue weighted by Gasteiger charge is -2.12. The van der Waals surface area contributed by atoms with Crippen LogP contribution in [-0.2, 0) is 11.2 Å². The van der Waals surface area contributed by atoms with E-state index in [0.29, 0.717) is 11.5 Å². The standard InChI is InChI=1S/C25H20F3IO3S/c26-25(27,28)15-17-5-4-8-19(13-17)21(18-6-2-1-3-7-18)11-12-33-20-9-10-23(22(29)14-20)32-16-24(30)31/h1-11,13-14H,12,15-16H2,(H,30,31). The highest BCUT2D eigenvalue weighted by Gasteiger charge is 2.27. The van der Waals surface area contributed by atoms with Crippen molar-refractivity contribution in [2.45, 2.75) is 17.5 Å². The van der Waals surface area contributed by atoms with Crippen LogP contribution in [0.3, 0.4) is 0 Å². The van der Waals surface area contributed by atoms with Gasteiger partial charge < -0.3 is 9.84 Å². The zero-order chi connectivity index (χ0) is 23.8. The molecule has 0 unspecified atom stereocenters. The molecule has 0 saturated heterocycles. The van der Waals surface area contributed by atoms with Crippen LogP contribution in [-0.4, -0.2) is 29.6 Å². The third-order valence-electron chi connectivity index (χ3n) is 4.52. The summed E-state index contributed by atoms with van der Waals surface area (Å²) in [6.45, 7) is -0.404. The first-order chi connectivity index (χ1) is 15.7. The molecule has 0 amide bonds. The maximum absolute atomic E-state index is 12.9. The van der Waals surface area contributed by atoms with E-state index >= 15 is 0 Å². The van der Waals surface area contributed by atoms with Gasteiger partial charge in [-0.15, -0.1) is 11.8 Å². The molecule has 0 aliphatic heterocycles. The average Bonchev–Trinajstić information content (AvgIpc) is 2.75. The molecule has 0 heterocycles. The average molecular weight is 584 g/mol. The summed E-state index contributed by atoms with van der Waals surface area (Å²) in [6, 6.07) is 21.6. The summed E-state index contributed by atoms with van der Waals surface area (Å²) in [5, 5.41) is 8.76. The monoisotopic (exact) mass is 584 g/mol. The molecule has 0 radical (unpaired) electrons. The molecular formula is C25H20F3IO3S. The lowest BCUT2D eigenvalue weighted by atomic mass is 9.95. The summed E-state index contributed by atoms with van der Waals surface area (Å²) < 4.78 is 44.7. The summed E-state index contributed by atoms with van der Waals surface area (Å²) >= 11 is 3.66. The molecule has 0 atom stereocenters. The number of aliphatic carboxylic acids is 1. The third-order valence-corrected chi connectivity index (χ3v) is 6.28. The van der Waals surface area contributed by atoms with Gasteiger partial charge in [-0.2, -0.15) is 13.2 Å². The summed E-state index contributed by atoms with van der Waals surface area (Å²) in [6.07, 6.45) is -3.22. The highest BCUT2D eigenvalue weighted by atomic mass is 127. The molecule has 0 bridgehead atoms. The van der Waals surface area contributed by atoms with E-state index in [1.165, 1.54) is 6.07 Å². The second-order valence-corrected chi connectivity index (χ2v) is 9.32. The van der Waals surface area contributed by atoms with Crippen LogP contribution in [0.1, 0.15) is 16.7 Å². The fourth-order valence-electron chi connectivity index (χ4n) is 3.15. The van der Waals surface area contributed by atoms with Crippen LogP contribution in [0.25, 0.3) is 5.57 Å². The van der Waals surface area contributed by atoms with Crippen molar-refractivity contribution in [1.29, 1.82) is 0 Å². The summed E-state index contributed by atoms with van der Waals surface area (Å²) in [5.74, 6) is 0.0607. The van der Waals surface area contributed by atoms with Gasteiger partial charge in [-0.1, -0.05) is 60.7 Å². The predicted octanol–water partition coefficient (Wildman–Crippen LogP) is 7.08. The van der Waals surface area contributed by atoms with Gasteiger partial charge in [-0.05, 0) is 63.1 Å². The fourth-order valence-corrected chi connectivity index (χ4v) is 4.84. The van der Waals surface area contributed by atoms with Crippen molar-refractivity contribution in [1.82, 2.24) is 0 Å². The van der Waals surface area contributed by atoms with Crippen LogP contribution in [0.15, 0.2) is 83.8 Å². The Morgan fingerprint density at radius 3 is 2.39 bits per heavy atom. The molecule has 0 aromatic heterocycles. The van der Waals surface area contributed by atoms with E-state index in [9.17, 15) is 18.0 Å². The minimum Gasteiger partial charge on any atom is -0.481 e. The van der Waals surface area contributed by atoms with Crippen molar-refractivity contribution in [3.63, 3.8) is 0 Å². The molecule has 3 aromatic carbocycles. The van der Waals surface area contributed by atoms with Crippen molar-refractivity contribution < 1.29 is 27.8 Å². The van der Waals surface area contributed by atoms with E-state index in [1.807, 2.05) is 54.6 Å². The zero-order valence-corrected chi connectivity index (χ0v) is 20.3. The van der Waals surface area contributed by atoms with E-state index in [0.717, 1.165) is 25.2 Å². The molecule has 33 heavy (non-hydrogen) atoms. The van der Waals surface area contributed by atoms with Crippen LogP contribution in [0.2, 0.25) is 0 Å². The maximum Gasteiger partial charge on any atom is 0.393 e. The van der Waals surface area contributed by atoms with Gasteiger partial charge in [0.1, 0.15) is 5.75 Å². The van der Waals surface area contributed by atoms with E-state index in [1.54, 1.807) is 30.0 Å². The van der Waals surface area contributed by atoms with Crippen molar-refractivity contribution in [2.24, 2.45) is 0 Å². The molecule has 1 N–H and O–H groups in total. The van der Waals surface area contributed by atoms with Crippen LogP contribution in [0.4, 0.5) is 13.2 Å². The smallest absolute Gasteiger partial charge is 0.393 e. The molecule has 3 rings (SSSR count). The highest BCUT2D eigenvalue weighted by molar-refractivity contribution is 14.1. The minimum absolute atomic E-state index is 0.223. The number of ether oxygens (including phenoxy) is 1. The second-order valence-electron chi connectivity index (χ2n) is 7.06. The van der Waals surface area contributed by atoms with Gasteiger partial charge in [-0.3, -0.25) is 0 Å². The number of benzene rings is 3. The Balaban J connectivity index is 1.80. The number of halogens is 4. The summed E-state index contributed by atoms with van der Waals surface area (Å²) in [4.78, 5) is 11.7. The maximum atomic E-state index is 12.9. The van der Waals surface area contributed by atoms with Gasteiger partial charge in [0.05, 0.1) is 9.99 Å². The van der Waals surface area contributed by atoms with Crippen molar-refractivity contribution in [3.8, 4) is 5.75 Å². The number of carboxylic acid groups (broad SMARTS) is 1. The minimum atomic E-state index is -4.26. The molecule has 0 fully saturated rings. The van der Waals surface area contributed by atoms with Crippen molar-refractivity contribution in [2.75, 3.05) is 12.4 Å². The van der Waals surface area contributed by atoms with Gasteiger partial charge in [0, 0.05) is 10.6 Å². The Bertz CT molecular complexity index is 1130. The van der Waals surface area contributed by atoms with Gasteiger partial charge >= 0.3 is 12.1 Å². The lowest BCUT2D eigenvalue weighted by Crippen LogP contribution is -2.11. The van der Waals surface area contributed by atoms with Gasteiger partial charge in [0.2, 0.25) is 0 Å². The topological polar surface area (TPSA) is 46.5 Å². The number of alkyl halides is 3. The quantitative estimate of drug-likeness (QED) is 0.216. The third kappa shape index (κ3) is 8.12. The molecule has 0 spiro atoms. The van der Waals surface area contributed by atoms with Crippen LogP contribution in [0, 0.1) is 3.57 Å². The molecule has 0 saturated carbocycles. The molecule has 0 aliphatic carbocycles. The van der Waals surface area contributed by atoms with Crippen molar-refractivity contribution in [3.05, 3.63) is 99.1 Å². The Hall–Kier alpha value is -2.46. The number of carboxylic acids is 1. The number of rotatable bonds is 9. The first-order valence-corrected chi connectivity index (χ1v) is 12.0. The fraction of sp³-hybridized carbons (Fsp3) is 0.160. The lowest BCUT2D eigenvalue weighted by molar-refractivity contribution is -0.139. The van der Waals surface area contributed by atoms with Crippen LogP contribution < -0.4 is 4.74 Å². The van der Waals surface area contributed by atoms with Crippen molar-refractivity contribution >= 4 is 45.9 Å². The molecule has 3 nitrogen and oxygen atoms in total. The molecule has 172 valence electrons. The Kier molecular flexibility index (Phi) is 8.85. The largest absolute Gasteiger partial charge is 0.481 e. The first kappa shape index (κ1) is 25.2. The van der Waals surface area contributed by atoms with Crippen LogP contribution >= 0.6 is 34.4 Å². The van der Waals surface area contributed by atoms with Crippen LogP contribution in [0.5, 0.6) is 5.75 Å². The molecule has 8 heteroatoms. The Morgan fingerprint density at radius 1 is 1.00 bits per heavy atom. The molecular weight excluding hydrogens is 564 g/mol. The summed E-state index contributed by atoms with van der Waals surface area (Å²) in [5.41, 5.74) is 2.74. The van der Waals surface area contributed by atoms with Gasteiger partial charge in [-0.25, -0.2) is 4.79 Å².